The molecule has 8 nitrogen and oxygen atoms in total. The molecule has 0 saturated carbocycles. The quantitative estimate of drug-likeness (QED) is 0.156. The first-order chi connectivity index (χ1) is 21.6. The number of hydrogen-bond donors (Lipinski definition) is 0. The Morgan fingerprint density at radius 3 is 1.28 bits per heavy atom. The average Bonchev–Trinajstić information content (AvgIpc) is 3.40. The van der Waals surface area contributed by atoms with Crippen molar-refractivity contribution in [3.8, 4) is 0 Å². The molecule has 5 rings (SSSR count). The molecule has 4 aromatic carbocycles. The van der Waals surface area contributed by atoms with Crippen LogP contribution in [0.25, 0.3) is 11.1 Å². The van der Waals surface area contributed by atoms with E-state index in [0.717, 1.165) is 34.1 Å². The predicted octanol–water partition coefficient (Wildman–Crippen LogP) is 6.86. The lowest BCUT2D eigenvalue weighted by Gasteiger charge is -2.29. The molecule has 0 unspecified atom stereocenters. The Labute approximate surface area is 275 Å². The van der Waals surface area contributed by atoms with Crippen LogP contribution in [0, 0.1) is 19.3 Å². The Balaban J connectivity index is 1.55. The first kappa shape index (κ1) is 34.0. The molecule has 0 heterocycles. The molecule has 0 atom stereocenters. The maximum Gasteiger partial charge on any atom is 0.296 e. The van der Waals surface area contributed by atoms with Crippen molar-refractivity contribution in [1.82, 2.24) is 0 Å². The van der Waals surface area contributed by atoms with Crippen LogP contribution in [0.5, 0.6) is 0 Å². The second kappa shape index (κ2) is 13.1. The van der Waals surface area contributed by atoms with Gasteiger partial charge in [-0.1, -0.05) is 71.3 Å². The molecule has 0 bridgehead atoms. The van der Waals surface area contributed by atoms with E-state index in [1.165, 1.54) is 36.4 Å². The van der Waals surface area contributed by atoms with Crippen molar-refractivity contribution >= 4 is 52.8 Å². The van der Waals surface area contributed by atoms with E-state index in [-0.39, 0.29) is 40.7 Å². The van der Waals surface area contributed by atoms with Crippen LogP contribution in [-0.2, 0) is 38.4 Å². The van der Waals surface area contributed by atoms with Gasteiger partial charge >= 0.3 is 0 Å². The van der Waals surface area contributed by atoms with E-state index >= 15 is 0 Å². The fraction of sp³-hybridized carbons (Fsp3) is 0.235. The van der Waals surface area contributed by atoms with Crippen molar-refractivity contribution in [2.75, 3.05) is 19.5 Å². The normalized spacial score (nSPS) is 15.3. The van der Waals surface area contributed by atoms with E-state index in [9.17, 15) is 25.3 Å². The summed E-state index contributed by atoms with van der Waals surface area (Å²) in [4.78, 5) is 0.0954. The van der Waals surface area contributed by atoms with Crippen LogP contribution in [0.3, 0.4) is 0 Å². The summed E-state index contributed by atoms with van der Waals surface area (Å²) in [7, 11) is -11.9. The summed E-state index contributed by atoms with van der Waals surface area (Å²) < 4.78 is 88.8. The number of aryl methyl sites for hydroxylation is 2. The van der Waals surface area contributed by atoms with Crippen molar-refractivity contribution < 1.29 is 33.6 Å². The van der Waals surface area contributed by atoms with Crippen LogP contribution in [0.15, 0.2) is 112 Å². The van der Waals surface area contributed by atoms with Crippen LogP contribution < -0.4 is 0 Å². The third kappa shape index (κ3) is 7.79. The lowest BCUT2D eigenvalue weighted by molar-refractivity contribution is 0.0982. The van der Waals surface area contributed by atoms with Crippen LogP contribution >= 0.6 is 11.6 Å². The molecule has 12 heteroatoms. The maximum absolute atomic E-state index is 13.3. The van der Waals surface area contributed by atoms with Gasteiger partial charge in [0, 0.05) is 16.7 Å². The van der Waals surface area contributed by atoms with E-state index in [1.54, 1.807) is 48.5 Å². The number of sulfone groups is 1. The monoisotopic (exact) mass is 700 g/mol. The Hall–Kier alpha value is -3.32. The lowest BCUT2D eigenvalue weighted by atomic mass is 9.84. The zero-order chi connectivity index (χ0) is 33.3. The number of allylic oxidation sites excluding steroid dienone is 2. The second-order valence-electron chi connectivity index (χ2n) is 11.7. The van der Waals surface area contributed by atoms with Gasteiger partial charge in [0.25, 0.3) is 20.2 Å². The smallest absolute Gasteiger partial charge is 0.266 e. The van der Waals surface area contributed by atoms with Gasteiger partial charge in [-0.3, -0.25) is 8.37 Å². The van der Waals surface area contributed by atoms with E-state index < -0.39 is 35.5 Å². The second-order valence-corrected chi connectivity index (χ2v) is 17.4. The van der Waals surface area contributed by atoms with Gasteiger partial charge in [-0.25, -0.2) is 8.42 Å². The molecule has 0 spiro atoms. The third-order valence-corrected chi connectivity index (χ3v) is 11.9. The van der Waals surface area contributed by atoms with Gasteiger partial charge < -0.3 is 0 Å². The Bertz CT molecular complexity index is 2010. The van der Waals surface area contributed by atoms with Crippen LogP contribution in [0.2, 0.25) is 5.02 Å². The fourth-order valence-corrected chi connectivity index (χ4v) is 8.11. The summed E-state index contributed by atoms with van der Waals surface area (Å²) in [6.07, 6.45) is 1.50. The minimum absolute atomic E-state index is 0.0260. The highest BCUT2D eigenvalue weighted by Crippen LogP contribution is 2.51. The van der Waals surface area contributed by atoms with Crippen LogP contribution in [-0.4, -0.2) is 44.7 Å². The van der Waals surface area contributed by atoms with Gasteiger partial charge in [-0.15, -0.1) is 0 Å². The van der Waals surface area contributed by atoms with Crippen molar-refractivity contribution in [2.45, 2.75) is 41.4 Å². The molecule has 1 aliphatic rings. The van der Waals surface area contributed by atoms with Crippen LogP contribution in [0.1, 0.15) is 35.1 Å². The predicted molar refractivity (Wildman–Crippen MR) is 178 cm³/mol. The Morgan fingerprint density at radius 1 is 0.565 bits per heavy atom. The number of hydrogen-bond acceptors (Lipinski definition) is 8. The third-order valence-electron chi connectivity index (χ3n) is 7.95. The molecule has 46 heavy (non-hydrogen) atoms. The lowest BCUT2D eigenvalue weighted by Crippen LogP contribution is -2.33. The molecular formula is C34H33ClO8S3. The highest BCUT2D eigenvalue weighted by atomic mass is 35.5. The largest absolute Gasteiger partial charge is 0.296 e. The summed E-state index contributed by atoms with van der Waals surface area (Å²) in [6.45, 7) is 2.92. The summed E-state index contributed by atoms with van der Waals surface area (Å²) in [6, 6.07) is 26.0. The Kier molecular flexibility index (Phi) is 9.66. The van der Waals surface area contributed by atoms with Gasteiger partial charge in [0.15, 0.2) is 9.84 Å². The summed E-state index contributed by atoms with van der Waals surface area (Å²) in [5, 5.41) is 0.521. The molecule has 0 fully saturated rings. The maximum atomic E-state index is 13.3. The first-order valence-corrected chi connectivity index (χ1v) is 19.4. The number of benzene rings is 4. The zero-order valence-corrected chi connectivity index (χ0v) is 28.6. The Morgan fingerprint density at radius 2 is 0.913 bits per heavy atom. The summed E-state index contributed by atoms with van der Waals surface area (Å²) in [5.41, 5.74) is 3.67. The molecule has 1 aliphatic carbocycles. The highest BCUT2D eigenvalue weighted by molar-refractivity contribution is 7.90. The molecule has 0 radical (unpaired) electrons. The summed E-state index contributed by atoms with van der Waals surface area (Å²) in [5.74, 6) is 0. The van der Waals surface area contributed by atoms with Gasteiger partial charge in [0.2, 0.25) is 0 Å². The first-order valence-electron chi connectivity index (χ1n) is 14.3. The van der Waals surface area contributed by atoms with Crippen molar-refractivity contribution in [3.63, 3.8) is 0 Å². The standard InChI is InChI=1S/C34H33ClO8S3/c1-24-4-14-30(15-5-24)45(38,39)42-22-34(23-43-46(40,41)31-16-6-25(2)7-17-31)20-32(26-8-12-28(35)13-9-26)33(21-34)27-10-18-29(19-11-27)44(3,36)37/h4-19H,20-23H2,1-3H3. The van der Waals surface area contributed by atoms with Crippen molar-refractivity contribution in [1.29, 1.82) is 0 Å². The van der Waals surface area contributed by atoms with E-state index in [2.05, 4.69) is 0 Å². The fourth-order valence-electron chi connectivity index (χ4n) is 5.33. The molecule has 0 N–H and O–H groups in total. The van der Waals surface area contributed by atoms with Gasteiger partial charge in [0.05, 0.1) is 27.9 Å². The molecule has 4 aromatic rings. The van der Waals surface area contributed by atoms with E-state index in [1.807, 2.05) is 26.0 Å². The minimum atomic E-state index is -4.21. The van der Waals surface area contributed by atoms with Gasteiger partial charge in [0.1, 0.15) is 0 Å². The SMILES string of the molecule is Cc1ccc(S(=O)(=O)OCC2(COS(=O)(=O)c3ccc(C)cc3)CC(c3ccc(Cl)cc3)=C(c3ccc(S(C)(=O)=O)cc3)C2)cc1. The van der Waals surface area contributed by atoms with Crippen molar-refractivity contribution in [2.24, 2.45) is 5.41 Å². The molecule has 0 aromatic heterocycles. The topological polar surface area (TPSA) is 121 Å². The van der Waals surface area contributed by atoms with E-state index in [4.69, 9.17) is 20.0 Å². The van der Waals surface area contributed by atoms with Gasteiger partial charge in [-0.2, -0.15) is 16.8 Å². The van der Waals surface area contributed by atoms with Crippen LogP contribution in [0.4, 0.5) is 0 Å². The number of rotatable bonds is 11. The molecular weight excluding hydrogens is 668 g/mol. The molecule has 242 valence electrons. The molecule has 0 amide bonds. The zero-order valence-electron chi connectivity index (χ0n) is 25.4. The van der Waals surface area contributed by atoms with E-state index in [0.29, 0.717) is 10.6 Å². The average molecular weight is 701 g/mol. The minimum Gasteiger partial charge on any atom is -0.266 e. The molecule has 0 saturated heterocycles. The van der Waals surface area contributed by atoms with Crippen molar-refractivity contribution in [3.05, 3.63) is 124 Å². The highest BCUT2D eigenvalue weighted by Gasteiger charge is 2.43. The molecule has 0 aliphatic heterocycles. The van der Waals surface area contributed by atoms with Gasteiger partial charge in [-0.05, 0) is 97.5 Å². The number of halogens is 1. The summed E-state index contributed by atoms with van der Waals surface area (Å²) >= 11 is 6.18.